The van der Waals surface area contributed by atoms with Gasteiger partial charge in [0.2, 0.25) is 5.91 Å². The molecule has 0 aromatic heterocycles. The first-order chi connectivity index (χ1) is 13.4. The van der Waals surface area contributed by atoms with Crippen molar-refractivity contribution in [3.8, 4) is 5.75 Å². The third kappa shape index (κ3) is 6.33. The number of rotatable bonds is 9. The van der Waals surface area contributed by atoms with Gasteiger partial charge in [-0.2, -0.15) is 0 Å². The Bertz CT molecular complexity index is 794. The number of hydrogen-bond acceptors (Lipinski definition) is 3. The summed E-state index contributed by atoms with van der Waals surface area (Å²) in [6.45, 7) is 4.28. The number of benzene rings is 2. The van der Waals surface area contributed by atoms with Crippen molar-refractivity contribution >= 4 is 11.8 Å². The van der Waals surface area contributed by atoms with E-state index in [1.54, 1.807) is 19.9 Å². The van der Waals surface area contributed by atoms with Crippen LogP contribution in [0, 0.1) is 17.6 Å². The van der Waals surface area contributed by atoms with Crippen molar-refractivity contribution in [2.45, 2.75) is 26.3 Å². The predicted molar refractivity (Wildman–Crippen MR) is 102 cm³/mol. The average molecular weight is 390 g/mol. The van der Waals surface area contributed by atoms with Crippen molar-refractivity contribution in [1.82, 2.24) is 10.6 Å². The maximum absolute atomic E-state index is 13.7. The van der Waals surface area contributed by atoms with E-state index in [2.05, 4.69) is 10.6 Å². The first-order valence-electron chi connectivity index (χ1n) is 9.10. The van der Waals surface area contributed by atoms with E-state index in [0.29, 0.717) is 25.3 Å². The van der Waals surface area contributed by atoms with Gasteiger partial charge in [-0.05, 0) is 48.7 Å². The summed E-state index contributed by atoms with van der Waals surface area (Å²) in [5.41, 5.74) is -0.103. The van der Waals surface area contributed by atoms with Crippen molar-refractivity contribution < 1.29 is 23.1 Å². The Labute approximate surface area is 163 Å². The molecular weight excluding hydrogens is 366 g/mol. The lowest BCUT2D eigenvalue weighted by molar-refractivity contribution is -0.123. The highest BCUT2D eigenvalue weighted by atomic mass is 19.1. The topological polar surface area (TPSA) is 67.4 Å². The van der Waals surface area contributed by atoms with Crippen LogP contribution < -0.4 is 15.4 Å². The van der Waals surface area contributed by atoms with E-state index in [-0.39, 0.29) is 23.2 Å². The molecule has 7 heteroatoms. The van der Waals surface area contributed by atoms with Crippen LogP contribution in [-0.4, -0.2) is 31.0 Å². The number of carbonyl (C=O) groups excluding carboxylic acids is 2. The molecule has 0 fully saturated rings. The molecule has 0 aliphatic carbocycles. The Morgan fingerprint density at radius 2 is 1.71 bits per heavy atom. The van der Waals surface area contributed by atoms with Crippen LogP contribution in [0.1, 0.15) is 30.6 Å². The van der Waals surface area contributed by atoms with Gasteiger partial charge >= 0.3 is 0 Å². The largest absolute Gasteiger partial charge is 0.494 e. The Hall–Kier alpha value is -2.96. The van der Waals surface area contributed by atoms with Gasteiger partial charge < -0.3 is 15.4 Å². The molecule has 2 amide bonds. The summed E-state index contributed by atoms with van der Waals surface area (Å²) in [6, 6.07) is 10.5. The summed E-state index contributed by atoms with van der Waals surface area (Å²) >= 11 is 0. The minimum atomic E-state index is -0.787. The van der Waals surface area contributed by atoms with Crippen molar-refractivity contribution in [2.75, 3.05) is 13.2 Å². The zero-order valence-electron chi connectivity index (χ0n) is 15.9. The standard InChI is InChI=1S/C21H24F2N2O3/c1-14(2)19(25-20(26)17-6-3-4-7-18(17)23)21(27)24-12-5-13-28-16-10-8-15(22)9-11-16/h3-4,6-11,14,19H,5,12-13H2,1-2H3,(H,24,27)(H,25,26). The first kappa shape index (κ1) is 21.3. The SMILES string of the molecule is CC(C)C(NC(=O)c1ccccc1F)C(=O)NCCCOc1ccc(F)cc1. The molecule has 2 aromatic carbocycles. The minimum Gasteiger partial charge on any atom is -0.494 e. The second-order valence-corrected chi connectivity index (χ2v) is 6.62. The molecule has 0 saturated heterocycles. The predicted octanol–water partition coefficient (Wildman–Crippen LogP) is 3.30. The maximum atomic E-state index is 13.7. The molecule has 150 valence electrons. The van der Waals surface area contributed by atoms with E-state index in [1.165, 1.54) is 42.5 Å². The van der Waals surface area contributed by atoms with E-state index < -0.39 is 17.8 Å². The average Bonchev–Trinajstić information content (AvgIpc) is 2.67. The lowest BCUT2D eigenvalue weighted by Gasteiger charge is -2.22. The third-order valence-electron chi connectivity index (χ3n) is 4.06. The highest BCUT2D eigenvalue weighted by Gasteiger charge is 2.25. The fraction of sp³-hybridized carbons (Fsp3) is 0.333. The number of halogens is 2. The smallest absolute Gasteiger partial charge is 0.254 e. The van der Waals surface area contributed by atoms with Gasteiger partial charge in [-0.1, -0.05) is 26.0 Å². The molecule has 0 saturated carbocycles. The van der Waals surface area contributed by atoms with Gasteiger partial charge in [0, 0.05) is 6.54 Å². The number of hydrogen-bond donors (Lipinski definition) is 2. The highest BCUT2D eigenvalue weighted by Crippen LogP contribution is 2.11. The van der Waals surface area contributed by atoms with E-state index in [1.807, 2.05) is 0 Å². The summed E-state index contributed by atoms with van der Waals surface area (Å²) in [5.74, 6) is -1.58. The Morgan fingerprint density at radius 3 is 2.36 bits per heavy atom. The molecule has 28 heavy (non-hydrogen) atoms. The molecule has 0 aliphatic heterocycles. The van der Waals surface area contributed by atoms with E-state index in [4.69, 9.17) is 4.74 Å². The zero-order valence-corrected chi connectivity index (χ0v) is 15.9. The maximum Gasteiger partial charge on any atom is 0.254 e. The Kier molecular flexibility index (Phi) is 7.92. The van der Waals surface area contributed by atoms with Gasteiger partial charge in [0.05, 0.1) is 12.2 Å². The molecule has 2 aromatic rings. The van der Waals surface area contributed by atoms with Crippen molar-refractivity contribution in [2.24, 2.45) is 5.92 Å². The van der Waals surface area contributed by atoms with Crippen LogP contribution in [0.5, 0.6) is 5.75 Å². The third-order valence-corrected chi connectivity index (χ3v) is 4.06. The zero-order chi connectivity index (χ0) is 20.5. The van der Waals surface area contributed by atoms with Crippen LogP contribution in [0.3, 0.4) is 0 Å². The highest BCUT2D eigenvalue weighted by molar-refractivity contribution is 5.97. The molecule has 5 nitrogen and oxygen atoms in total. The Morgan fingerprint density at radius 1 is 1.04 bits per heavy atom. The molecular formula is C21H24F2N2O3. The lowest BCUT2D eigenvalue weighted by atomic mass is 10.0. The first-order valence-corrected chi connectivity index (χ1v) is 9.10. The van der Waals surface area contributed by atoms with Crippen LogP contribution in [0.15, 0.2) is 48.5 Å². The van der Waals surface area contributed by atoms with E-state index >= 15 is 0 Å². The summed E-state index contributed by atoms with van der Waals surface area (Å²) in [4.78, 5) is 24.7. The Balaban J connectivity index is 1.79. The second-order valence-electron chi connectivity index (χ2n) is 6.62. The molecule has 0 bridgehead atoms. The van der Waals surface area contributed by atoms with Crippen molar-refractivity contribution in [3.05, 3.63) is 65.7 Å². The van der Waals surface area contributed by atoms with Crippen molar-refractivity contribution in [3.63, 3.8) is 0 Å². The molecule has 0 radical (unpaired) electrons. The molecule has 1 unspecified atom stereocenters. The summed E-state index contributed by atoms with van der Waals surface area (Å²) < 4.78 is 32.0. The quantitative estimate of drug-likeness (QED) is 0.646. The van der Waals surface area contributed by atoms with Gasteiger partial charge in [0.1, 0.15) is 23.4 Å². The minimum absolute atomic E-state index is 0.103. The summed E-state index contributed by atoms with van der Waals surface area (Å²) in [5, 5.41) is 5.33. The van der Waals surface area contributed by atoms with Gasteiger partial charge in [-0.25, -0.2) is 8.78 Å². The van der Waals surface area contributed by atoms with Crippen molar-refractivity contribution in [1.29, 1.82) is 0 Å². The lowest BCUT2D eigenvalue weighted by Crippen LogP contribution is -2.50. The second kappa shape index (κ2) is 10.4. The van der Waals surface area contributed by atoms with Crippen LogP contribution in [0.2, 0.25) is 0 Å². The van der Waals surface area contributed by atoms with Crippen LogP contribution in [0.4, 0.5) is 8.78 Å². The normalized spacial score (nSPS) is 11.8. The molecule has 0 aliphatic rings. The summed E-state index contributed by atoms with van der Waals surface area (Å²) in [7, 11) is 0. The number of carbonyl (C=O) groups is 2. The van der Waals surface area contributed by atoms with Gasteiger partial charge in [0.25, 0.3) is 5.91 Å². The molecule has 0 heterocycles. The van der Waals surface area contributed by atoms with E-state index in [0.717, 1.165) is 0 Å². The van der Waals surface area contributed by atoms with E-state index in [9.17, 15) is 18.4 Å². The van der Waals surface area contributed by atoms with Gasteiger partial charge in [-0.3, -0.25) is 9.59 Å². The number of amides is 2. The molecule has 2 N–H and O–H groups in total. The number of ether oxygens (including phenoxy) is 1. The fourth-order valence-electron chi connectivity index (χ4n) is 2.51. The fourth-order valence-corrected chi connectivity index (χ4v) is 2.51. The summed E-state index contributed by atoms with van der Waals surface area (Å²) in [6.07, 6.45) is 0.537. The number of nitrogens with one attached hydrogen (secondary N) is 2. The van der Waals surface area contributed by atoms with Crippen LogP contribution in [-0.2, 0) is 4.79 Å². The molecule has 0 spiro atoms. The van der Waals surface area contributed by atoms with Crippen LogP contribution >= 0.6 is 0 Å². The molecule has 1 atom stereocenters. The monoisotopic (exact) mass is 390 g/mol. The van der Waals surface area contributed by atoms with Gasteiger partial charge in [0.15, 0.2) is 0 Å². The van der Waals surface area contributed by atoms with Crippen LogP contribution in [0.25, 0.3) is 0 Å². The van der Waals surface area contributed by atoms with Gasteiger partial charge in [-0.15, -0.1) is 0 Å². The molecule has 2 rings (SSSR count).